The molecule has 2 aromatic carbocycles. The summed E-state index contributed by atoms with van der Waals surface area (Å²) in [5.74, 6) is 0.906. The maximum absolute atomic E-state index is 12.9. The van der Waals surface area contributed by atoms with E-state index < -0.39 is 11.7 Å². The van der Waals surface area contributed by atoms with Gasteiger partial charge in [-0.25, -0.2) is 4.98 Å². The van der Waals surface area contributed by atoms with E-state index in [1.807, 2.05) is 24.3 Å². The van der Waals surface area contributed by atoms with Crippen LogP contribution in [0.15, 0.2) is 54.6 Å². The molecule has 0 spiro atoms. The highest BCUT2D eigenvalue weighted by Gasteiger charge is 2.30. The van der Waals surface area contributed by atoms with E-state index in [0.717, 1.165) is 61.4 Å². The number of aromatic nitrogens is 1. The number of rotatable bonds is 3. The lowest BCUT2D eigenvalue weighted by molar-refractivity contribution is -0.137. The lowest BCUT2D eigenvalue weighted by Gasteiger charge is -2.35. The van der Waals surface area contributed by atoms with Crippen molar-refractivity contribution in [3.05, 3.63) is 60.2 Å². The van der Waals surface area contributed by atoms with Crippen molar-refractivity contribution in [2.45, 2.75) is 13.1 Å². The molecule has 0 N–H and O–H groups in total. The fourth-order valence-electron chi connectivity index (χ4n) is 3.68. The van der Waals surface area contributed by atoms with Crippen LogP contribution in [0.1, 0.15) is 12.5 Å². The van der Waals surface area contributed by atoms with Crippen molar-refractivity contribution < 1.29 is 13.2 Å². The highest BCUT2D eigenvalue weighted by Crippen LogP contribution is 2.33. The molecule has 3 nitrogen and oxygen atoms in total. The Morgan fingerprint density at radius 3 is 2.25 bits per heavy atom. The van der Waals surface area contributed by atoms with Gasteiger partial charge in [0.2, 0.25) is 0 Å². The highest BCUT2D eigenvalue weighted by atomic mass is 19.4. The molecule has 146 valence electrons. The molecule has 28 heavy (non-hydrogen) atoms. The summed E-state index contributed by atoms with van der Waals surface area (Å²) in [5.41, 5.74) is 0.737. The van der Waals surface area contributed by atoms with Gasteiger partial charge in [0.15, 0.2) is 0 Å². The SMILES string of the molecule is CCN1CCN(c2nc(-c3ccc(C(F)(F)F)cc3)cc3ccccc23)CC1. The molecule has 0 amide bonds. The van der Waals surface area contributed by atoms with Crippen LogP contribution >= 0.6 is 0 Å². The Morgan fingerprint density at radius 1 is 0.929 bits per heavy atom. The Bertz CT molecular complexity index is 959. The first-order chi connectivity index (χ1) is 13.5. The van der Waals surface area contributed by atoms with Crippen LogP contribution in [0.4, 0.5) is 19.0 Å². The lowest BCUT2D eigenvalue weighted by Crippen LogP contribution is -2.46. The normalized spacial score (nSPS) is 15.9. The largest absolute Gasteiger partial charge is 0.416 e. The average Bonchev–Trinajstić information content (AvgIpc) is 2.72. The molecule has 0 aliphatic carbocycles. The van der Waals surface area contributed by atoms with Gasteiger partial charge in [0.05, 0.1) is 11.3 Å². The maximum Gasteiger partial charge on any atom is 0.416 e. The zero-order valence-electron chi connectivity index (χ0n) is 15.7. The summed E-state index contributed by atoms with van der Waals surface area (Å²) in [6.45, 7) is 6.94. The van der Waals surface area contributed by atoms with Crippen molar-refractivity contribution in [1.82, 2.24) is 9.88 Å². The van der Waals surface area contributed by atoms with Gasteiger partial charge < -0.3 is 9.80 Å². The van der Waals surface area contributed by atoms with Crippen LogP contribution in [-0.4, -0.2) is 42.6 Å². The molecule has 1 aromatic heterocycles. The van der Waals surface area contributed by atoms with Crippen molar-refractivity contribution in [3.63, 3.8) is 0 Å². The Balaban J connectivity index is 1.74. The number of likely N-dealkylation sites (N-methyl/N-ethyl adjacent to an activating group) is 1. The number of nitrogens with zero attached hydrogens (tertiary/aromatic N) is 3. The summed E-state index contributed by atoms with van der Waals surface area (Å²) in [6.07, 6.45) is -4.33. The maximum atomic E-state index is 12.9. The number of halogens is 3. The van der Waals surface area contributed by atoms with Crippen LogP contribution in [0.3, 0.4) is 0 Å². The summed E-state index contributed by atoms with van der Waals surface area (Å²) in [4.78, 5) is 9.54. The van der Waals surface area contributed by atoms with Crippen LogP contribution < -0.4 is 4.90 Å². The van der Waals surface area contributed by atoms with E-state index in [0.29, 0.717) is 11.3 Å². The summed E-state index contributed by atoms with van der Waals surface area (Å²) in [6, 6.07) is 15.2. The number of hydrogen-bond acceptors (Lipinski definition) is 3. The molecular weight excluding hydrogens is 363 g/mol. The van der Waals surface area contributed by atoms with Gasteiger partial charge in [-0.3, -0.25) is 0 Å². The molecular formula is C22H22F3N3. The molecule has 3 aromatic rings. The monoisotopic (exact) mass is 385 g/mol. The van der Waals surface area contributed by atoms with Gasteiger partial charge in [-0.05, 0) is 30.1 Å². The molecule has 1 aliphatic heterocycles. The number of pyridine rings is 1. The number of anilines is 1. The lowest BCUT2D eigenvalue weighted by atomic mass is 10.0. The van der Waals surface area contributed by atoms with E-state index in [2.05, 4.69) is 22.8 Å². The summed E-state index contributed by atoms with van der Waals surface area (Å²) < 4.78 is 38.6. The van der Waals surface area contributed by atoms with E-state index in [1.165, 1.54) is 12.1 Å². The Morgan fingerprint density at radius 2 is 1.61 bits per heavy atom. The van der Waals surface area contributed by atoms with Gasteiger partial charge in [-0.1, -0.05) is 43.3 Å². The Labute approximate surface area is 162 Å². The minimum absolute atomic E-state index is 0.645. The molecule has 0 saturated carbocycles. The number of fused-ring (bicyclic) bond motifs is 1. The van der Waals surface area contributed by atoms with E-state index in [4.69, 9.17) is 4.98 Å². The van der Waals surface area contributed by atoms with Gasteiger partial charge in [-0.2, -0.15) is 13.2 Å². The molecule has 1 fully saturated rings. The van der Waals surface area contributed by atoms with Crippen molar-refractivity contribution in [1.29, 1.82) is 0 Å². The molecule has 0 bridgehead atoms. The molecule has 1 aliphatic rings. The van der Waals surface area contributed by atoms with Gasteiger partial charge in [0.1, 0.15) is 5.82 Å². The van der Waals surface area contributed by atoms with Crippen LogP contribution in [-0.2, 0) is 6.18 Å². The molecule has 0 atom stereocenters. The highest BCUT2D eigenvalue weighted by molar-refractivity contribution is 5.95. The first-order valence-corrected chi connectivity index (χ1v) is 9.50. The van der Waals surface area contributed by atoms with Crippen LogP contribution in [0.5, 0.6) is 0 Å². The number of alkyl halides is 3. The fourth-order valence-corrected chi connectivity index (χ4v) is 3.68. The zero-order valence-corrected chi connectivity index (χ0v) is 15.7. The average molecular weight is 385 g/mol. The second-order valence-corrected chi connectivity index (χ2v) is 7.05. The van der Waals surface area contributed by atoms with E-state index >= 15 is 0 Å². The molecule has 0 radical (unpaired) electrons. The smallest absolute Gasteiger partial charge is 0.354 e. The third kappa shape index (κ3) is 3.69. The second-order valence-electron chi connectivity index (χ2n) is 7.05. The molecule has 0 unspecified atom stereocenters. The first-order valence-electron chi connectivity index (χ1n) is 9.50. The quantitative estimate of drug-likeness (QED) is 0.628. The predicted octanol–water partition coefficient (Wildman–Crippen LogP) is 5.06. The van der Waals surface area contributed by atoms with Crippen LogP contribution in [0.25, 0.3) is 22.0 Å². The third-order valence-electron chi connectivity index (χ3n) is 5.35. The minimum atomic E-state index is -4.33. The Hall–Kier alpha value is -2.60. The molecule has 4 rings (SSSR count). The van der Waals surface area contributed by atoms with E-state index in [1.54, 1.807) is 0 Å². The van der Waals surface area contributed by atoms with E-state index in [9.17, 15) is 13.2 Å². The topological polar surface area (TPSA) is 19.4 Å². The summed E-state index contributed by atoms with van der Waals surface area (Å²) >= 11 is 0. The van der Waals surface area contributed by atoms with E-state index in [-0.39, 0.29) is 0 Å². The zero-order chi connectivity index (χ0) is 19.7. The summed E-state index contributed by atoms with van der Waals surface area (Å²) in [7, 11) is 0. The van der Waals surface area contributed by atoms with Crippen molar-refractivity contribution in [2.24, 2.45) is 0 Å². The minimum Gasteiger partial charge on any atom is -0.354 e. The van der Waals surface area contributed by atoms with Crippen molar-refractivity contribution >= 4 is 16.6 Å². The number of hydrogen-bond donors (Lipinski definition) is 0. The fraction of sp³-hybridized carbons (Fsp3) is 0.318. The second kappa shape index (κ2) is 7.43. The predicted molar refractivity (Wildman–Crippen MR) is 107 cm³/mol. The van der Waals surface area contributed by atoms with Crippen LogP contribution in [0, 0.1) is 0 Å². The van der Waals surface area contributed by atoms with Gasteiger partial charge >= 0.3 is 6.18 Å². The molecule has 2 heterocycles. The number of piperazine rings is 1. The third-order valence-corrected chi connectivity index (χ3v) is 5.35. The van der Waals surface area contributed by atoms with Gasteiger partial charge in [-0.15, -0.1) is 0 Å². The van der Waals surface area contributed by atoms with Gasteiger partial charge in [0, 0.05) is 37.1 Å². The number of benzene rings is 2. The van der Waals surface area contributed by atoms with Gasteiger partial charge in [0.25, 0.3) is 0 Å². The molecule has 6 heteroatoms. The summed E-state index contributed by atoms with van der Waals surface area (Å²) in [5, 5.41) is 2.11. The van der Waals surface area contributed by atoms with Crippen molar-refractivity contribution in [3.8, 4) is 11.3 Å². The standard InChI is InChI=1S/C22H22F3N3/c1-2-27-11-13-28(14-12-27)21-19-6-4-3-5-17(19)15-20(26-21)16-7-9-18(10-8-16)22(23,24)25/h3-10,15H,2,11-14H2,1H3. The van der Waals surface area contributed by atoms with Crippen molar-refractivity contribution in [2.75, 3.05) is 37.6 Å². The molecule has 1 saturated heterocycles. The Kier molecular flexibility index (Phi) is 4.98. The van der Waals surface area contributed by atoms with Crippen LogP contribution in [0.2, 0.25) is 0 Å². The first kappa shape index (κ1) is 18.7.